The van der Waals surface area contributed by atoms with Gasteiger partial charge >= 0.3 is 0 Å². The van der Waals surface area contributed by atoms with Gasteiger partial charge in [0.15, 0.2) is 0 Å². The van der Waals surface area contributed by atoms with E-state index >= 15 is 0 Å². The summed E-state index contributed by atoms with van der Waals surface area (Å²) in [7, 11) is 0. The maximum Gasteiger partial charge on any atom is 0.0890 e. The van der Waals surface area contributed by atoms with Gasteiger partial charge in [-0.25, -0.2) is 0 Å². The molecule has 0 aromatic heterocycles. The molecule has 1 aromatic carbocycles. The molecule has 0 N–H and O–H groups in total. The van der Waals surface area contributed by atoms with Crippen molar-refractivity contribution in [2.45, 2.75) is 65.2 Å². The molecule has 1 aliphatic heterocycles. The summed E-state index contributed by atoms with van der Waals surface area (Å²) in [5, 5.41) is 0. The standard InChI is InChI=1S/C18H30N2/c1-15(2)20(16(3)4)18(17-11-7-5-8-12-17)19-13-9-6-10-14-19/h5,7-8,11-12,15-16,18H,6,9-10,13-14H2,1-4H3. The Bertz CT molecular complexity index is 372. The molecule has 0 saturated carbocycles. The molecule has 0 spiro atoms. The van der Waals surface area contributed by atoms with Gasteiger partial charge in [0.1, 0.15) is 0 Å². The number of rotatable bonds is 5. The quantitative estimate of drug-likeness (QED) is 0.790. The molecule has 1 heterocycles. The van der Waals surface area contributed by atoms with Gasteiger partial charge in [-0.3, -0.25) is 9.80 Å². The van der Waals surface area contributed by atoms with Crippen LogP contribution in [-0.4, -0.2) is 35.0 Å². The number of benzene rings is 1. The molecule has 1 unspecified atom stereocenters. The molecular formula is C18H30N2. The molecule has 1 aromatic rings. The smallest absolute Gasteiger partial charge is 0.0890 e. The first-order chi connectivity index (χ1) is 9.61. The van der Waals surface area contributed by atoms with E-state index in [1.165, 1.54) is 37.9 Å². The second-order valence-corrected chi connectivity index (χ2v) is 6.52. The van der Waals surface area contributed by atoms with Crippen LogP contribution in [0.25, 0.3) is 0 Å². The van der Waals surface area contributed by atoms with Gasteiger partial charge in [-0.1, -0.05) is 36.8 Å². The topological polar surface area (TPSA) is 6.48 Å². The van der Waals surface area contributed by atoms with E-state index in [9.17, 15) is 0 Å². The second kappa shape index (κ2) is 7.24. The molecule has 1 aliphatic rings. The Labute approximate surface area is 124 Å². The van der Waals surface area contributed by atoms with Gasteiger partial charge in [-0.05, 0) is 59.2 Å². The molecule has 0 amide bonds. The van der Waals surface area contributed by atoms with E-state index < -0.39 is 0 Å². The fourth-order valence-electron chi connectivity index (χ4n) is 3.52. The Hall–Kier alpha value is -0.860. The Kier molecular flexibility index (Phi) is 5.62. The lowest BCUT2D eigenvalue weighted by atomic mass is 10.0. The third-order valence-electron chi connectivity index (χ3n) is 4.31. The molecule has 2 nitrogen and oxygen atoms in total. The molecule has 1 atom stereocenters. The molecule has 0 bridgehead atoms. The SMILES string of the molecule is CC(C)N(C(C)C)C(c1ccccc1)N1CCCCC1. The summed E-state index contributed by atoms with van der Waals surface area (Å²) >= 11 is 0. The van der Waals surface area contributed by atoms with Gasteiger partial charge < -0.3 is 0 Å². The highest BCUT2D eigenvalue weighted by atomic mass is 15.4. The van der Waals surface area contributed by atoms with Gasteiger partial charge in [0.05, 0.1) is 6.17 Å². The summed E-state index contributed by atoms with van der Waals surface area (Å²) in [6.45, 7) is 11.7. The zero-order chi connectivity index (χ0) is 14.5. The Morgan fingerprint density at radius 3 is 1.90 bits per heavy atom. The van der Waals surface area contributed by atoms with E-state index in [-0.39, 0.29) is 0 Å². The first kappa shape index (κ1) is 15.5. The van der Waals surface area contributed by atoms with Crippen LogP contribution in [-0.2, 0) is 0 Å². The van der Waals surface area contributed by atoms with Crippen molar-refractivity contribution in [3.05, 3.63) is 35.9 Å². The fraction of sp³-hybridized carbons (Fsp3) is 0.667. The maximum atomic E-state index is 2.68. The predicted molar refractivity (Wildman–Crippen MR) is 86.7 cm³/mol. The Morgan fingerprint density at radius 2 is 1.40 bits per heavy atom. The van der Waals surface area contributed by atoms with Gasteiger partial charge in [0, 0.05) is 12.1 Å². The third-order valence-corrected chi connectivity index (χ3v) is 4.31. The number of piperidine rings is 1. The minimum atomic E-state index is 0.427. The monoisotopic (exact) mass is 274 g/mol. The first-order valence-electron chi connectivity index (χ1n) is 8.17. The molecule has 1 fully saturated rings. The zero-order valence-corrected chi connectivity index (χ0v) is 13.5. The summed E-state index contributed by atoms with van der Waals surface area (Å²) in [5.41, 5.74) is 1.44. The van der Waals surface area contributed by atoms with Crippen LogP contribution in [0.3, 0.4) is 0 Å². The van der Waals surface area contributed by atoms with Gasteiger partial charge in [0.25, 0.3) is 0 Å². The lowest BCUT2D eigenvalue weighted by molar-refractivity contribution is -0.0128. The van der Waals surface area contributed by atoms with E-state index in [2.05, 4.69) is 67.8 Å². The molecule has 2 rings (SSSR count). The average molecular weight is 274 g/mol. The average Bonchev–Trinajstić information content (AvgIpc) is 2.45. The van der Waals surface area contributed by atoms with Crippen molar-refractivity contribution in [3.8, 4) is 0 Å². The number of hydrogen-bond donors (Lipinski definition) is 0. The van der Waals surface area contributed by atoms with Gasteiger partial charge in [0.2, 0.25) is 0 Å². The minimum Gasteiger partial charge on any atom is -0.284 e. The van der Waals surface area contributed by atoms with Gasteiger partial charge in [-0.15, -0.1) is 0 Å². The molecular weight excluding hydrogens is 244 g/mol. The zero-order valence-electron chi connectivity index (χ0n) is 13.5. The van der Waals surface area contributed by atoms with Crippen LogP contribution in [0.5, 0.6) is 0 Å². The van der Waals surface area contributed by atoms with Crippen molar-refractivity contribution >= 4 is 0 Å². The van der Waals surface area contributed by atoms with E-state index in [0.717, 1.165) is 0 Å². The van der Waals surface area contributed by atoms with Crippen molar-refractivity contribution in [2.75, 3.05) is 13.1 Å². The van der Waals surface area contributed by atoms with E-state index in [0.29, 0.717) is 18.2 Å². The highest BCUT2D eigenvalue weighted by Crippen LogP contribution is 2.31. The number of likely N-dealkylation sites (tertiary alicyclic amines) is 1. The van der Waals surface area contributed by atoms with Crippen molar-refractivity contribution in [2.24, 2.45) is 0 Å². The van der Waals surface area contributed by atoms with Crippen molar-refractivity contribution < 1.29 is 0 Å². The van der Waals surface area contributed by atoms with Crippen LogP contribution in [0.4, 0.5) is 0 Å². The fourth-order valence-corrected chi connectivity index (χ4v) is 3.52. The number of hydrogen-bond acceptors (Lipinski definition) is 2. The molecule has 20 heavy (non-hydrogen) atoms. The normalized spacial score (nSPS) is 18.9. The summed E-state index contributed by atoms with van der Waals surface area (Å²) in [4.78, 5) is 5.33. The summed E-state index contributed by atoms with van der Waals surface area (Å²) < 4.78 is 0. The summed E-state index contributed by atoms with van der Waals surface area (Å²) in [6.07, 6.45) is 4.50. The molecule has 112 valence electrons. The van der Waals surface area contributed by atoms with Crippen molar-refractivity contribution in [1.82, 2.24) is 9.80 Å². The molecule has 0 aliphatic carbocycles. The molecule has 0 radical (unpaired) electrons. The summed E-state index contributed by atoms with van der Waals surface area (Å²) in [6, 6.07) is 12.2. The van der Waals surface area contributed by atoms with Crippen LogP contribution in [0, 0.1) is 0 Å². The molecule has 2 heteroatoms. The van der Waals surface area contributed by atoms with Crippen molar-refractivity contribution in [3.63, 3.8) is 0 Å². The largest absolute Gasteiger partial charge is 0.284 e. The lowest BCUT2D eigenvalue weighted by Gasteiger charge is -2.45. The predicted octanol–water partition coefficient (Wildman–Crippen LogP) is 4.29. The first-order valence-corrected chi connectivity index (χ1v) is 8.17. The van der Waals surface area contributed by atoms with Crippen LogP contribution in [0.2, 0.25) is 0 Å². The highest BCUT2D eigenvalue weighted by molar-refractivity contribution is 5.19. The third kappa shape index (κ3) is 3.62. The molecule has 1 saturated heterocycles. The van der Waals surface area contributed by atoms with Crippen LogP contribution in [0.15, 0.2) is 30.3 Å². The summed E-state index contributed by atoms with van der Waals surface area (Å²) in [5.74, 6) is 0. The Balaban J connectivity index is 2.32. The second-order valence-electron chi connectivity index (χ2n) is 6.52. The van der Waals surface area contributed by atoms with Crippen LogP contribution >= 0.6 is 0 Å². The maximum absolute atomic E-state index is 2.68. The minimum absolute atomic E-state index is 0.427. The van der Waals surface area contributed by atoms with E-state index in [4.69, 9.17) is 0 Å². The highest BCUT2D eigenvalue weighted by Gasteiger charge is 2.30. The Morgan fingerprint density at radius 1 is 0.850 bits per heavy atom. The van der Waals surface area contributed by atoms with E-state index in [1.54, 1.807) is 0 Å². The van der Waals surface area contributed by atoms with Crippen LogP contribution in [0.1, 0.15) is 58.7 Å². The number of nitrogens with zero attached hydrogens (tertiary/aromatic N) is 2. The van der Waals surface area contributed by atoms with Gasteiger partial charge in [-0.2, -0.15) is 0 Å². The van der Waals surface area contributed by atoms with E-state index in [1.807, 2.05) is 0 Å². The van der Waals surface area contributed by atoms with Crippen molar-refractivity contribution in [1.29, 1.82) is 0 Å². The lowest BCUT2D eigenvalue weighted by Crippen LogP contribution is -2.49. The van der Waals surface area contributed by atoms with Crippen LogP contribution < -0.4 is 0 Å².